The van der Waals surface area contributed by atoms with Crippen molar-refractivity contribution in [2.24, 2.45) is 0 Å². The molecule has 0 saturated carbocycles. The Hall–Kier alpha value is -2.02. The van der Waals surface area contributed by atoms with E-state index in [9.17, 15) is 4.39 Å². The predicted molar refractivity (Wildman–Crippen MR) is 44.2 cm³/mol. The van der Waals surface area contributed by atoms with E-state index in [1.165, 1.54) is 18.5 Å². The third-order valence-electron chi connectivity index (χ3n) is 1.71. The fraction of sp³-hybridized carbons (Fsp3) is 0. The van der Waals surface area contributed by atoms with Gasteiger partial charge in [-0.25, -0.2) is 14.4 Å². The monoisotopic (exact) mass is 173 g/mol. The first kappa shape index (κ1) is 7.62. The van der Waals surface area contributed by atoms with Crippen molar-refractivity contribution in [1.82, 2.24) is 9.97 Å². The minimum Gasteiger partial charge on any atom is -0.244 e. The molecule has 2 aromatic rings. The third kappa shape index (κ3) is 1.20. The number of hydrogen-bond acceptors (Lipinski definition) is 3. The maximum atomic E-state index is 13.0. The molecule has 62 valence electrons. The number of aromatic nitrogens is 2. The van der Waals surface area contributed by atoms with Gasteiger partial charge in [0, 0.05) is 17.6 Å². The maximum absolute atomic E-state index is 13.0. The fourth-order valence-electron chi connectivity index (χ4n) is 1.09. The first-order valence-corrected chi connectivity index (χ1v) is 3.60. The van der Waals surface area contributed by atoms with E-state index in [1.54, 1.807) is 12.3 Å². The van der Waals surface area contributed by atoms with Crippen LogP contribution in [0.3, 0.4) is 0 Å². The number of fused-ring (bicyclic) bond motifs is 1. The highest BCUT2D eigenvalue weighted by molar-refractivity contribution is 5.79. The maximum Gasteiger partial charge on any atom is 0.143 e. The highest BCUT2D eigenvalue weighted by Crippen LogP contribution is 2.15. The topological polar surface area (TPSA) is 49.6 Å². The summed E-state index contributed by atoms with van der Waals surface area (Å²) in [6.07, 6.45) is 2.89. The standard InChI is InChI=1S/C9H4FN3/c10-8-2-9-7(1-6(8)3-11)4-12-5-13-9/h1-2,4-5H. The SMILES string of the molecule is N#Cc1cc2cncnc2cc1F. The van der Waals surface area contributed by atoms with Gasteiger partial charge in [0.2, 0.25) is 0 Å². The second-order valence-corrected chi connectivity index (χ2v) is 2.53. The van der Waals surface area contributed by atoms with E-state index in [0.717, 1.165) is 0 Å². The van der Waals surface area contributed by atoms with Crippen LogP contribution in [0.15, 0.2) is 24.7 Å². The smallest absolute Gasteiger partial charge is 0.143 e. The number of nitriles is 1. The fourth-order valence-corrected chi connectivity index (χ4v) is 1.09. The van der Waals surface area contributed by atoms with Crippen LogP contribution in [-0.4, -0.2) is 9.97 Å². The molecule has 0 radical (unpaired) electrons. The highest BCUT2D eigenvalue weighted by Gasteiger charge is 2.03. The zero-order chi connectivity index (χ0) is 9.26. The van der Waals surface area contributed by atoms with Gasteiger partial charge in [0.05, 0.1) is 11.1 Å². The average Bonchev–Trinajstić information content (AvgIpc) is 2.17. The van der Waals surface area contributed by atoms with Gasteiger partial charge < -0.3 is 0 Å². The van der Waals surface area contributed by atoms with Crippen LogP contribution in [0.2, 0.25) is 0 Å². The van der Waals surface area contributed by atoms with E-state index in [4.69, 9.17) is 5.26 Å². The van der Waals surface area contributed by atoms with Crippen molar-refractivity contribution in [3.8, 4) is 6.07 Å². The first-order valence-electron chi connectivity index (χ1n) is 3.60. The Morgan fingerprint density at radius 1 is 1.38 bits per heavy atom. The van der Waals surface area contributed by atoms with Crippen LogP contribution in [0.5, 0.6) is 0 Å². The second kappa shape index (κ2) is 2.79. The summed E-state index contributed by atoms with van der Waals surface area (Å²) >= 11 is 0. The molecular weight excluding hydrogens is 169 g/mol. The molecule has 13 heavy (non-hydrogen) atoms. The van der Waals surface area contributed by atoms with Crippen molar-refractivity contribution in [2.75, 3.05) is 0 Å². The van der Waals surface area contributed by atoms with Crippen molar-refractivity contribution in [2.45, 2.75) is 0 Å². The van der Waals surface area contributed by atoms with Crippen molar-refractivity contribution >= 4 is 10.9 Å². The summed E-state index contributed by atoms with van der Waals surface area (Å²) in [5.41, 5.74) is 0.522. The normalized spacial score (nSPS) is 9.85. The van der Waals surface area contributed by atoms with E-state index in [1.807, 2.05) is 0 Å². The Morgan fingerprint density at radius 2 is 2.23 bits per heavy atom. The molecule has 1 heterocycles. The number of benzene rings is 1. The summed E-state index contributed by atoms with van der Waals surface area (Å²) in [4.78, 5) is 7.63. The summed E-state index contributed by atoms with van der Waals surface area (Å²) in [6, 6.07) is 4.42. The highest BCUT2D eigenvalue weighted by atomic mass is 19.1. The van der Waals surface area contributed by atoms with Crippen LogP contribution < -0.4 is 0 Å². The summed E-state index contributed by atoms with van der Waals surface area (Å²) in [6.45, 7) is 0. The van der Waals surface area contributed by atoms with Crippen LogP contribution in [0.25, 0.3) is 10.9 Å². The Bertz CT molecular complexity index is 502. The summed E-state index contributed by atoms with van der Waals surface area (Å²) in [5, 5.41) is 9.21. The summed E-state index contributed by atoms with van der Waals surface area (Å²) < 4.78 is 13.0. The minimum absolute atomic E-state index is 0.0160. The van der Waals surface area contributed by atoms with Gasteiger partial charge in [0.25, 0.3) is 0 Å². The van der Waals surface area contributed by atoms with Crippen LogP contribution in [0, 0.1) is 17.1 Å². The zero-order valence-electron chi connectivity index (χ0n) is 6.53. The first-order chi connectivity index (χ1) is 6.31. The van der Waals surface area contributed by atoms with Crippen LogP contribution in [-0.2, 0) is 0 Å². The van der Waals surface area contributed by atoms with E-state index < -0.39 is 5.82 Å². The van der Waals surface area contributed by atoms with Crippen molar-refractivity contribution in [1.29, 1.82) is 5.26 Å². The molecule has 1 aromatic carbocycles. The average molecular weight is 173 g/mol. The van der Waals surface area contributed by atoms with Gasteiger partial charge in [0.15, 0.2) is 0 Å². The zero-order valence-corrected chi connectivity index (χ0v) is 6.53. The number of halogens is 1. The van der Waals surface area contributed by atoms with Gasteiger partial charge in [-0.1, -0.05) is 0 Å². The molecule has 0 spiro atoms. The van der Waals surface area contributed by atoms with Crippen LogP contribution >= 0.6 is 0 Å². The lowest BCUT2D eigenvalue weighted by Gasteiger charge is -1.96. The molecule has 0 bridgehead atoms. The van der Waals surface area contributed by atoms with Crippen molar-refractivity contribution < 1.29 is 4.39 Å². The molecular formula is C9H4FN3. The van der Waals surface area contributed by atoms with Gasteiger partial charge in [-0.2, -0.15) is 5.26 Å². The molecule has 0 atom stereocenters. The molecule has 2 rings (SSSR count). The Morgan fingerprint density at radius 3 is 3.00 bits per heavy atom. The van der Waals surface area contributed by atoms with Gasteiger partial charge in [-0.15, -0.1) is 0 Å². The lowest BCUT2D eigenvalue weighted by molar-refractivity contribution is 0.625. The summed E-state index contributed by atoms with van der Waals surface area (Å²) in [5.74, 6) is -0.547. The molecule has 0 aliphatic carbocycles. The molecule has 0 aliphatic heterocycles. The van der Waals surface area contributed by atoms with Crippen molar-refractivity contribution in [3.63, 3.8) is 0 Å². The van der Waals surface area contributed by atoms with E-state index in [-0.39, 0.29) is 5.56 Å². The molecule has 4 heteroatoms. The molecule has 0 saturated heterocycles. The summed E-state index contributed by atoms with van der Waals surface area (Å²) in [7, 11) is 0. The van der Waals surface area contributed by atoms with Gasteiger partial charge in [-0.3, -0.25) is 0 Å². The lowest BCUT2D eigenvalue weighted by Crippen LogP contribution is -1.87. The number of nitrogens with zero attached hydrogens (tertiary/aromatic N) is 3. The molecule has 0 fully saturated rings. The molecule has 0 amide bonds. The van der Waals surface area contributed by atoms with E-state index >= 15 is 0 Å². The Labute approximate surface area is 73.5 Å². The van der Waals surface area contributed by atoms with Gasteiger partial charge >= 0.3 is 0 Å². The van der Waals surface area contributed by atoms with Crippen molar-refractivity contribution in [3.05, 3.63) is 36.0 Å². The largest absolute Gasteiger partial charge is 0.244 e. The van der Waals surface area contributed by atoms with Gasteiger partial charge in [-0.05, 0) is 6.07 Å². The Kier molecular flexibility index (Phi) is 1.64. The molecule has 0 N–H and O–H groups in total. The predicted octanol–water partition coefficient (Wildman–Crippen LogP) is 1.64. The number of hydrogen-bond donors (Lipinski definition) is 0. The third-order valence-corrected chi connectivity index (χ3v) is 1.71. The van der Waals surface area contributed by atoms with Crippen LogP contribution in [0.1, 0.15) is 5.56 Å². The van der Waals surface area contributed by atoms with Crippen LogP contribution in [0.4, 0.5) is 4.39 Å². The second-order valence-electron chi connectivity index (χ2n) is 2.53. The number of rotatable bonds is 0. The van der Waals surface area contributed by atoms with E-state index in [2.05, 4.69) is 9.97 Å². The molecule has 0 aliphatic rings. The molecule has 1 aromatic heterocycles. The minimum atomic E-state index is -0.547. The van der Waals surface area contributed by atoms with E-state index in [0.29, 0.717) is 10.9 Å². The quantitative estimate of drug-likeness (QED) is 0.608. The Balaban J connectivity index is 2.83. The van der Waals surface area contributed by atoms with Gasteiger partial charge in [0.1, 0.15) is 18.2 Å². The molecule has 0 unspecified atom stereocenters. The lowest BCUT2D eigenvalue weighted by atomic mass is 10.1. The molecule has 3 nitrogen and oxygen atoms in total.